The molecule has 2 heterocycles. The number of rotatable bonds is 9. The fourth-order valence-corrected chi connectivity index (χ4v) is 5.19. The van der Waals surface area contributed by atoms with Gasteiger partial charge in [0.15, 0.2) is 0 Å². The molecule has 1 amide bonds. The maximum atomic E-state index is 15.1. The summed E-state index contributed by atoms with van der Waals surface area (Å²) < 4.78 is 44.8. The Labute approximate surface area is 245 Å². The highest BCUT2D eigenvalue weighted by Gasteiger charge is 2.36. The highest BCUT2D eigenvalue weighted by molar-refractivity contribution is 6.30. The van der Waals surface area contributed by atoms with Crippen LogP contribution < -0.4 is 10.2 Å². The van der Waals surface area contributed by atoms with E-state index >= 15 is 4.39 Å². The number of amides is 1. The van der Waals surface area contributed by atoms with Gasteiger partial charge in [-0.3, -0.25) is 9.69 Å². The van der Waals surface area contributed by atoms with Gasteiger partial charge < -0.3 is 15.3 Å². The smallest absolute Gasteiger partial charge is 0.248 e. The van der Waals surface area contributed by atoms with E-state index < -0.39 is 29.0 Å². The molecular formula is C30H28ClF3N6O2. The molecular weight excluding hydrogens is 569 g/mol. The Morgan fingerprint density at radius 3 is 2.50 bits per heavy atom. The van der Waals surface area contributed by atoms with Crippen LogP contribution in [0.1, 0.15) is 11.1 Å². The average Bonchev–Trinajstić information content (AvgIpc) is 3.45. The molecule has 1 aliphatic rings. The predicted octanol–water partition coefficient (Wildman–Crippen LogP) is 4.71. The minimum atomic E-state index is -1.72. The largest absolute Gasteiger partial charge is 0.382 e. The lowest BCUT2D eigenvalue weighted by Crippen LogP contribution is -2.52. The molecule has 12 heteroatoms. The average molecular weight is 597 g/mol. The topological polar surface area (TPSA) is 86.5 Å². The number of hydrogen-bond donors (Lipinski definition) is 2. The molecule has 1 fully saturated rings. The van der Waals surface area contributed by atoms with E-state index in [1.54, 1.807) is 36.4 Å². The molecule has 1 atom stereocenters. The molecule has 1 aliphatic heterocycles. The van der Waals surface area contributed by atoms with Crippen molar-refractivity contribution < 1.29 is 23.1 Å². The number of piperazine rings is 1. The second-order valence-electron chi connectivity index (χ2n) is 10.1. The molecule has 0 saturated carbocycles. The SMILES string of the molecule is O=C(/C=C/c1cccc(Cl)c1)Nc1ccc(N2CCN(CC(O)(Cn3cncn3)c3ccc(F)cc3F)CC2)c(F)c1. The van der Waals surface area contributed by atoms with Gasteiger partial charge in [-0.1, -0.05) is 29.8 Å². The van der Waals surface area contributed by atoms with Gasteiger partial charge in [0, 0.05) is 61.1 Å². The van der Waals surface area contributed by atoms with Gasteiger partial charge in [0.2, 0.25) is 5.91 Å². The monoisotopic (exact) mass is 596 g/mol. The van der Waals surface area contributed by atoms with Crippen molar-refractivity contribution in [2.75, 3.05) is 42.9 Å². The van der Waals surface area contributed by atoms with Gasteiger partial charge in [-0.2, -0.15) is 5.10 Å². The van der Waals surface area contributed by atoms with Crippen LogP contribution in [0.25, 0.3) is 6.08 Å². The number of carbonyl (C=O) groups excluding carboxylic acids is 1. The molecule has 0 bridgehead atoms. The molecule has 1 saturated heterocycles. The third-order valence-electron chi connectivity index (χ3n) is 7.01. The Bertz CT molecular complexity index is 1580. The number of carbonyl (C=O) groups is 1. The third kappa shape index (κ3) is 7.17. The number of nitrogens with one attached hydrogen (secondary N) is 1. The zero-order valence-electron chi connectivity index (χ0n) is 22.4. The lowest BCUT2D eigenvalue weighted by atomic mass is 9.92. The molecule has 8 nitrogen and oxygen atoms in total. The fraction of sp³-hybridized carbons (Fsp3) is 0.233. The predicted molar refractivity (Wildman–Crippen MR) is 154 cm³/mol. The van der Waals surface area contributed by atoms with Gasteiger partial charge in [0.1, 0.15) is 35.7 Å². The quantitative estimate of drug-likeness (QED) is 0.272. The summed E-state index contributed by atoms with van der Waals surface area (Å²) in [5.74, 6) is -2.50. The van der Waals surface area contributed by atoms with Crippen LogP contribution in [-0.4, -0.2) is 63.4 Å². The normalized spacial score (nSPS) is 15.6. The van der Waals surface area contributed by atoms with Crippen LogP contribution in [0.15, 0.2) is 79.4 Å². The number of β-amino-alcohol motifs (C(OH)–C–C–N with tert-alkyl or cyclic N) is 1. The Kier molecular flexibility index (Phi) is 8.91. The summed E-state index contributed by atoms with van der Waals surface area (Å²) >= 11 is 5.96. The lowest BCUT2D eigenvalue weighted by molar-refractivity contribution is -0.111. The summed E-state index contributed by atoms with van der Waals surface area (Å²) in [4.78, 5) is 20.0. The van der Waals surface area contributed by atoms with Gasteiger partial charge in [-0.25, -0.2) is 22.8 Å². The summed E-state index contributed by atoms with van der Waals surface area (Å²) in [6.45, 7) is 1.74. The van der Waals surface area contributed by atoms with E-state index in [1.165, 1.54) is 35.5 Å². The zero-order chi connectivity index (χ0) is 29.7. The van der Waals surface area contributed by atoms with Crippen molar-refractivity contribution in [2.45, 2.75) is 12.1 Å². The molecule has 42 heavy (non-hydrogen) atoms. The molecule has 2 N–H and O–H groups in total. The van der Waals surface area contributed by atoms with Crippen molar-refractivity contribution in [3.8, 4) is 0 Å². The number of benzene rings is 3. The van der Waals surface area contributed by atoms with Gasteiger partial charge in [-0.05, 0) is 48.0 Å². The Morgan fingerprint density at radius 1 is 1.00 bits per heavy atom. The summed E-state index contributed by atoms with van der Waals surface area (Å²) in [7, 11) is 0. The van der Waals surface area contributed by atoms with Crippen LogP contribution in [0.3, 0.4) is 0 Å². The first-order valence-corrected chi connectivity index (χ1v) is 13.6. The van der Waals surface area contributed by atoms with Crippen LogP contribution in [0, 0.1) is 17.5 Å². The molecule has 1 aromatic heterocycles. The Morgan fingerprint density at radius 2 is 1.81 bits per heavy atom. The Hall–Kier alpha value is -4.19. The maximum absolute atomic E-state index is 15.1. The Balaban J connectivity index is 1.21. The van der Waals surface area contributed by atoms with E-state index in [2.05, 4.69) is 15.4 Å². The van der Waals surface area contributed by atoms with E-state index in [0.717, 1.165) is 17.7 Å². The highest BCUT2D eigenvalue weighted by atomic mass is 35.5. The van der Waals surface area contributed by atoms with Crippen LogP contribution >= 0.6 is 11.6 Å². The summed E-state index contributed by atoms with van der Waals surface area (Å²) in [5, 5.41) is 18.8. The van der Waals surface area contributed by atoms with Gasteiger partial charge in [0.25, 0.3) is 0 Å². The van der Waals surface area contributed by atoms with Gasteiger partial charge in [0.05, 0.1) is 12.2 Å². The first kappa shape index (κ1) is 29.3. The van der Waals surface area contributed by atoms with Crippen molar-refractivity contribution in [1.82, 2.24) is 19.7 Å². The number of aromatic nitrogens is 3. The van der Waals surface area contributed by atoms with Crippen LogP contribution in [0.4, 0.5) is 24.5 Å². The van der Waals surface area contributed by atoms with Crippen molar-refractivity contribution >= 4 is 35.0 Å². The lowest BCUT2D eigenvalue weighted by Gasteiger charge is -2.40. The van der Waals surface area contributed by atoms with Gasteiger partial charge >= 0.3 is 0 Å². The second-order valence-corrected chi connectivity index (χ2v) is 10.5. The number of halogens is 4. The first-order chi connectivity index (χ1) is 20.2. The number of nitrogens with zero attached hydrogens (tertiary/aromatic N) is 5. The zero-order valence-corrected chi connectivity index (χ0v) is 23.2. The molecule has 4 aromatic rings. The van der Waals surface area contributed by atoms with Crippen molar-refractivity contribution in [3.63, 3.8) is 0 Å². The molecule has 0 aliphatic carbocycles. The molecule has 3 aromatic carbocycles. The highest BCUT2D eigenvalue weighted by Crippen LogP contribution is 2.29. The van der Waals surface area contributed by atoms with Crippen molar-refractivity contribution in [1.29, 1.82) is 0 Å². The van der Waals surface area contributed by atoms with E-state index in [4.69, 9.17) is 11.6 Å². The summed E-state index contributed by atoms with van der Waals surface area (Å²) in [6.07, 6.45) is 5.68. The standard InChI is InChI=1S/C30H28ClF3N6O2/c31-22-3-1-2-21(14-22)4-9-29(41)37-24-6-8-28(27(34)16-24)39-12-10-38(11-13-39)17-30(42,18-40-20-35-19-36-40)25-7-5-23(32)15-26(25)33/h1-9,14-16,19-20,42H,10-13,17-18H2,(H,37,41)/b9-4+. The second kappa shape index (κ2) is 12.8. The molecule has 218 valence electrons. The van der Waals surface area contributed by atoms with Gasteiger partial charge in [-0.15, -0.1) is 0 Å². The molecule has 0 spiro atoms. The maximum Gasteiger partial charge on any atom is 0.248 e. The van der Waals surface area contributed by atoms with E-state index in [0.29, 0.717) is 42.6 Å². The van der Waals surface area contributed by atoms with E-state index in [1.807, 2.05) is 15.9 Å². The van der Waals surface area contributed by atoms with Crippen LogP contribution in [-0.2, 0) is 16.9 Å². The molecule has 5 rings (SSSR count). The third-order valence-corrected chi connectivity index (χ3v) is 7.25. The molecule has 0 radical (unpaired) electrons. The van der Waals surface area contributed by atoms with Crippen LogP contribution in [0.2, 0.25) is 5.02 Å². The minimum absolute atomic E-state index is 0.0411. The van der Waals surface area contributed by atoms with Crippen molar-refractivity contribution in [3.05, 3.63) is 113 Å². The summed E-state index contributed by atoms with van der Waals surface area (Å²) in [6, 6.07) is 14.6. The number of anilines is 2. The van der Waals surface area contributed by atoms with Crippen molar-refractivity contribution in [2.24, 2.45) is 0 Å². The minimum Gasteiger partial charge on any atom is -0.382 e. The number of hydrogen-bond acceptors (Lipinski definition) is 6. The van der Waals surface area contributed by atoms with E-state index in [9.17, 15) is 18.7 Å². The molecule has 1 unspecified atom stereocenters. The fourth-order valence-electron chi connectivity index (χ4n) is 4.99. The number of aliphatic hydroxyl groups is 1. The first-order valence-electron chi connectivity index (χ1n) is 13.2. The summed E-state index contributed by atoms with van der Waals surface area (Å²) in [5.41, 5.74) is -0.314. The van der Waals surface area contributed by atoms with E-state index in [-0.39, 0.29) is 18.7 Å². The van der Waals surface area contributed by atoms with Crippen LogP contribution in [0.5, 0.6) is 0 Å².